The second-order valence-corrected chi connectivity index (χ2v) is 4.54. The van der Waals surface area contributed by atoms with Crippen molar-refractivity contribution in [3.05, 3.63) is 29.3 Å². The van der Waals surface area contributed by atoms with Gasteiger partial charge in [0.2, 0.25) is 0 Å². The van der Waals surface area contributed by atoms with E-state index in [1.165, 1.54) is 0 Å². The van der Waals surface area contributed by atoms with Crippen LogP contribution in [0.4, 0.5) is 0 Å². The lowest BCUT2D eigenvalue weighted by molar-refractivity contribution is 0.00902. The maximum absolute atomic E-state index is 11.8. The summed E-state index contributed by atoms with van der Waals surface area (Å²) in [6.07, 6.45) is 3.14. The van der Waals surface area contributed by atoms with E-state index in [-0.39, 0.29) is 12.1 Å². The molecule has 1 N–H and O–H groups in total. The first kappa shape index (κ1) is 10.8. The molecule has 0 bridgehead atoms. The number of esters is 1. The third kappa shape index (κ3) is 1.96. The Morgan fingerprint density at radius 2 is 2.29 bits per heavy atom. The molecule has 1 aliphatic heterocycles. The van der Waals surface area contributed by atoms with Gasteiger partial charge < -0.3 is 14.4 Å². The fraction of sp³-hybridized carbons (Fsp3) is 0.417. The molecule has 0 amide bonds. The van der Waals surface area contributed by atoms with E-state index in [4.69, 9.17) is 9.39 Å². The molecule has 0 spiro atoms. The molecular formula is C12H13BO4. The van der Waals surface area contributed by atoms with E-state index < -0.39 is 7.12 Å². The fourth-order valence-corrected chi connectivity index (χ4v) is 2.05. The predicted molar refractivity (Wildman–Crippen MR) is 61.9 cm³/mol. The zero-order valence-electron chi connectivity index (χ0n) is 9.39. The van der Waals surface area contributed by atoms with Gasteiger partial charge in [-0.15, -0.1) is 0 Å². The highest BCUT2D eigenvalue weighted by Crippen LogP contribution is 2.23. The van der Waals surface area contributed by atoms with Gasteiger partial charge in [-0.1, -0.05) is 6.07 Å². The van der Waals surface area contributed by atoms with E-state index in [2.05, 4.69) is 0 Å². The van der Waals surface area contributed by atoms with Gasteiger partial charge in [-0.2, -0.15) is 0 Å². The number of benzene rings is 1. The summed E-state index contributed by atoms with van der Waals surface area (Å²) in [5, 5.41) is 9.55. The number of rotatable bonds is 2. The van der Waals surface area contributed by atoms with Gasteiger partial charge in [0.1, 0.15) is 6.10 Å². The van der Waals surface area contributed by atoms with Gasteiger partial charge in [0.25, 0.3) is 0 Å². The first-order valence-electron chi connectivity index (χ1n) is 5.87. The summed E-state index contributed by atoms with van der Waals surface area (Å²) in [5.74, 6) is -0.309. The van der Waals surface area contributed by atoms with Gasteiger partial charge in [-0.05, 0) is 42.4 Å². The van der Waals surface area contributed by atoms with E-state index in [1.807, 2.05) is 6.07 Å². The summed E-state index contributed by atoms with van der Waals surface area (Å²) in [7, 11) is -0.915. The zero-order chi connectivity index (χ0) is 11.8. The molecule has 0 aromatic heterocycles. The molecule has 5 heteroatoms. The largest absolute Gasteiger partial charge is 0.491 e. The van der Waals surface area contributed by atoms with E-state index in [1.54, 1.807) is 12.1 Å². The highest BCUT2D eigenvalue weighted by molar-refractivity contribution is 6.61. The van der Waals surface area contributed by atoms with Crippen molar-refractivity contribution in [2.45, 2.75) is 32.0 Å². The minimum absolute atomic E-state index is 0.0805. The molecule has 1 fully saturated rings. The van der Waals surface area contributed by atoms with Gasteiger partial charge in [-0.25, -0.2) is 4.79 Å². The summed E-state index contributed by atoms with van der Waals surface area (Å²) >= 11 is 0. The molecule has 3 rings (SSSR count). The van der Waals surface area contributed by atoms with Crippen LogP contribution < -0.4 is 5.46 Å². The van der Waals surface area contributed by atoms with Crippen molar-refractivity contribution in [1.82, 2.24) is 0 Å². The van der Waals surface area contributed by atoms with Crippen LogP contribution in [-0.2, 0) is 16.0 Å². The van der Waals surface area contributed by atoms with E-state index >= 15 is 0 Å². The lowest BCUT2D eigenvalue weighted by Crippen LogP contribution is -2.30. The molecule has 0 radical (unpaired) electrons. The third-order valence-corrected chi connectivity index (χ3v) is 3.37. The summed E-state index contributed by atoms with van der Waals surface area (Å²) in [6, 6.07) is 5.19. The van der Waals surface area contributed by atoms with Gasteiger partial charge in [0.05, 0.1) is 12.2 Å². The lowest BCUT2D eigenvalue weighted by atomic mass is 9.79. The molecule has 0 saturated heterocycles. The fourth-order valence-electron chi connectivity index (χ4n) is 2.05. The Labute approximate surface area is 99.7 Å². The van der Waals surface area contributed by atoms with Gasteiger partial charge >= 0.3 is 13.1 Å². The Morgan fingerprint density at radius 1 is 1.47 bits per heavy atom. The molecule has 2 aliphatic rings. The van der Waals surface area contributed by atoms with Gasteiger partial charge in [-0.3, -0.25) is 0 Å². The zero-order valence-corrected chi connectivity index (χ0v) is 9.39. The Balaban J connectivity index is 1.78. The maximum atomic E-state index is 11.8. The van der Waals surface area contributed by atoms with Crippen molar-refractivity contribution in [2.75, 3.05) is 0 Å². The monoisotopic (exact) mass is 232 g/mol. The molecule has 1 saturated carbocycles. The molecule has 1 aromatic rings. The molecule has 17 heavy (non-hydrogen) atoms. The molecule has 4 nitrogen and oxygen atoms in total. The standard InChI is InChI=1S/C12H13BO4/c14-12(17-10-2-1-3-10)8-4-5-9-7-16-13(15)11(9)6-8/h4-6,10,15H,1-3,7H2. The van der Waals surface area contributed by atoms with Crippen LogP contribution >= 0.6 is 0 Å². The van der Waals surface area contributed by atoms with E-state index in [0.29, 0.717) is 17.6 Å². The maximum Gasteiger partial charge on any atom is 0.491 e. The van der Waals surface area contributed by atoms with Gasteiger partial charge in [0.15, 0.2) is 0 Å². The van der Waals surface area contributed by atoms with Gasteiger partial charge in [0, 0.05) is 0 Å². The number of fused-ring (bicyclic) bond motifs is 1. The Kier molecular flexibility index (Phi) is 2.65. The summed E-state index contributed by atoms with van der Waals surface area (Å²) in [4.78, 5) is 11.8. The molecule has 1 aromatic carbocycles. The molecule has 88 valence electrons. The van der Waals surface area contributed by atoms with Crippen LogP contribution in [0.2, 0.25) is 0 Å². The first-order valence-corrected chi connectivity index (χ1v) is 5.87. The van der Waals surface area contributed by atoms with Crippen molar-refractivity contribution >= 4 is 18.6 Å². The van der Waals surface area contributed by atoms with Crippen LogP contribution in [0.1, 0.15) is 35.2 Å². The number of ether oxygens (including phenoxy) is 1. The summed E-state index contributed by atoms with van der Waals surface area (Å²) in [5.41, 5.74) is 2.09. The van der Waals surface area contributed by atoms with Crippen LogP contribution in [0, 0.1) is 0 Å². The average molecular weight is 232 g/mol. The van der Waals surface area contributed by atoms with E-state index in [0.717, 1.165) is 24.8 Å². The van der Waals surface area contributed by atoms with Crippen molar-refractivity contribution < 1.29 is 19.2 Å². The molecule has 1 aliphatic carbocycles. The van der Waals surface area contributed by atoms with Crippen molar-refractivity contribution in [3.63, 3.8) is 0 Å². The van der Waals surface area contributed by atoms with Crippen LogP contribution in [0.5, 0.6) is 0 Å². The summed E-state index contributed by atoms with van der Waals surface area (Å²) < 4.78 is 10.4. The number of carbonyl (C=O) groups excluding carboxylic acids is 1. The molecule has 0 unspecified atom stereocenters. The minimum Gasteiger partial charge on any atom is -0.459 e. The number of hydrogen-bond donors (Lipinski definition) is 1. The third-order valence-electron chi connectivity index (χ3n) is 3.37. The quantitative estimate of drug-likeness (QED) is 0.599. The van der Waals surface area contributed by atoms with Crippen LogP contribution in [0.25, 0.3) is 0 Å². The minimum atomic E-state index is -0.915. The highest BCUT2D eigenvalue weighted by atomic mass is 16.5. The average Bonchev–Trinajstić information content (AvgIpc) is 2.65. The predicted octanol–water partition coefficient (Wildman–Crippen LogP) is 0.614. The van der Waals surface area contributed by atoms with Crippen molar-refractivity contribution in [3.8, 4) is 0 Å². The Hall–Kier alpha value is -1.33. The molecular weight excluding hydrogens is 219 g/mol. The van der Waals surface area contributed by atoms with Crippen molar-refractivity contribution in [2.24, 2.45) is 0 Å². The smallest absolute Gasteiger partial charge is 0.459 e. The Bertz CT molecular complexity index is 456. The van der Waals surface area contributed by atoms with Crippen LogP contribution in [-0.4, -0.2) is 24.2 Å². The summed E-state index contributed by atoms with van der Waals surface area (Å²) in [6.45, 7) is 0.397. The van der Waals surface area contributed by atoms with Crippen LogP contribution in [0.15, 0.2) is 18.2 Å². The lowest BCUT2D eigenvalue weighted by Gasteiger charge is -2.25. The topological polar surface area (TPSA) is 55.8 Å². The molecule has 0 atom stereocenters. The Morgan fingerprint density at radius 3 is 3.00 bits per heavy atom. The molecule has 1 heterocycles. The first-order chi connectivity index (χ1) is 8.24. The highest BCUT2D eigenvalue weighted by Gasteiger charge is 2.29. The second-order valence-electron chi connectivity index (χ2n) is 4.54. The van der Waals surface area contributed by atoms with E-state index in [9.17, 15) is 9.82 Å². The number of hydrogen-bond acceptors (Lipinski definition) is 4. The second kappa shape index (κ2) is 4.16. The SMILES string of the molecule is O=C(OC1CCC1)c1ccc2c(c1)B(O)OC2. The van der Waals surface area contributed by atoms with Crippen molar-refractivity contribution in [1.29, 1.82) is 0 Å². The normalized spacial score (nSPS) is 18.8. The number of carbonyl (C=O) groups is 1. The van der Waals surface area contributed by atoms with Crippen LogP contribution in [0.3, 0.4) is 0 Å².